The molecule has 0 atom stereocenters. The predicted molar refractivity (Wildman–Crippen MR) is 86.3 cm³/mol. The maximum absolute atomic E-state index is 11.9. The van der Waals surface area contributed by atoms with Crippen LogP contribution in [0.25, 0.3) is 0 Å². The van der Waals surface area contributed by atoms with Crippen LogP contribution in [0.4, 0.5) is 0 Å². The number of nitrogens with zero attached hydrogens (tertiary/aromatic N) is 1. The quantitative estimate of drug-likeness (QED) is 0.692. The molecule has 0 aliphatic carbocycles. The summed E-state index contributed by atoms with van der Waals surface area (Å²) < 4.78 is 40.1. The minimum Gasteiger partial charge on any atom is -0.480 e. The van der Waals surface area contributed by atoms with Gasteiger partial charge >= 0.3 is 5.97 Å². The summed E-state index contributed by atoms with van der Waals surface area (Å²) in [6.45, 7) is -0.527. The Balaban J connectivity index is 1.87. The first-order chi connectivity index (χ1) is 11.3. The Bertz CT molecular complexity index is 815. The lowest BCUT2D eigenvalue weighted by atomic mass is 10.3. The molecule has 2 rings (SSSR count). The van der Waals surface area contributed by atoms with Crippen LogP contribution in [0.15, 0.2) is 45.9 Å². The average molecular weight is 374 g/mol. The lowest BCUT2D eigenvalue weighted by Gasteiger charge is -2.08. The highest BCUT2D eigenvalue weighted by Gasteiger charge is 2.21. The molecule has 9 heteroatoms. The van der Waals surface area contributed by atoms with Gasteiger partial charge in [-0.2, -0.15) is 0 Å². The number of carbonyl (C=O) groups is 1. The number of furan rings is 1. The van der Waals surface area contributed by atoms with E-state index in [1.54, 1.807) is 24.3 Å². The molecule has 0 bridgehead atoms. The van der Waals surface area contributed by atoms with Crippen molar-refractivity contribution in [3.05, 3.63) is 47.2 Å². The maximum Gasteiger partial charge on any atom is 0.344 e. The molecule has 7 nitrogen and oxygen atoms in total. The number of esters is 1. The summed E-state index contributed by atoms with van der Waals surface area (Å²) in [6.07, 6.45) is 0. The van der Waals surface area contributed by atoms with Crippen molar-refractivity contribution in [2.75, 3.05) is 20.7 Å². The zero-order valence-electron chi connectivity index (χ0n) is 13.1. The van der Waals surface area contributed by atoms with Gasteiger partial charge in [-0.05, 0) is 24.3 Å². The minimum absolute atomic E-state index is 0.201. The Hall–Kier alpha value is -2.03. The second-order valence-corrected chi connectivity index (χ2v) is 7.38. The largest absolute Gasteiger partial charge is 0.480 e. The van der Waals surface area contributed by atoms with Gasteiger partial charge in [-0.15, -0.1) is 0 Å². The number of sulfonamides is 1. The van der Waals surface area contributed by atoms with Gasteiger partial charge < -0.3 is 13.9 Å². The van der Waals surface area contributed by atoms with E-state index in [2.05, 4.69) is 0 Å². The summed E-state index contributed by atoms with van der Waals surface area (Å²) in [7, 11) is -0.874. The highest BCUT2D eigenvalue weighted by atomic mass is 35.5. The SMILES string of the molecule is CN(C)S(=O)(=O)c1ccc(COC(=O)COc2ccccc2Cl)o1. The summed E-state index contributed by atoms with van der Waals surface area (Å²) in [5.74, 6) is -0.0571. The number of ether oxygens (including phenoxy) is 2. The smallest absolute Gasteiger partial charge is 0.344 e. The van der Waals surface area contributed by atoms with Crippen LogP contribution in [0, 0.1) is 0 Å². The Morgan fingerprint density at radius 1 is 1.21 bits per heavy atom. The van der Waals surface area contributed by atoms with Gasteiger partial charge in [0.05, 0.1) is 5.02 Å². The van der Waals surface area contributed by atoms with Crippen molar-refractivity contribution >= 4 is 27.6 Å². The fourth-order valence-corrected chi connectivity index (χ4v) is 2.65. The van der Waals surface area contributed by atoms with Crippen LogP contribution >= 0.6 is 11.6 Å². The van der Waals surface area contributed by atoms with Crippen molar-refractivity contribution in [1.29, 1.82) is 0 Å². The lowest BCUT2D eigenvalue weighted by Crippen LogP contribution is -2.21. The van der Waals surface area contributed by atoms with Crippen molar-refractivity contribution in [3.8, 4) is 5.75 Å². The minimum atomic E-state index is -3.66. The third kappa shape index (κ3) is 4.50. The Kier molecular flexibility index (Phi) is 5.87. The number of para-hydroxylation sites is 1. The first kappa shape index (κ1) is 18.3. The van der Waals surface area contributed by atoms with Crippen molar-refractivity contribution in [3.63, 3.8) is 0 Å². The molecule has 0 amide bonds. The number of carbonyl (C=O) groups excluding carboxylic acids is 1. The molecule has 1 aromatic heterocycles. The molecule has 0 aliphatic rings. The molecule has 1 aromatic carbocycles. The number of hydrogen-bond acceptors (Lipinski definition) is 6. The van der Waals surface area contributed by atoms with Crippen molar-refractivity contribution in [1.82, 2.24) is 4.31 Å². The van der Waals surface area contributed by atoms with Gasteiger partial charge in [-0.3, -0.25) is 0 Å². The molecule has 0 saturated heterocycles. The van der Waals surface area contributed by atoms with Crippen LogP contribution in [0.5, 0.6) is 5.75 Å². The van der Waals surface area contributed by atoms with E-state index < -0.39 is 16.0 Å². The number of hydrogen-bond donors (Lipinski definition) is 0. The summed E-state index contributed by atoms with van der Waals surface area (Å²) in [6, 6.07) is 9.46. The van der Waals surface area contributed by atoms with E-state index in [0.717, 1.165) is 4.31 Å². The zero-order chi connectivity index (χ0) is 17.7. The number of halogens is 1. The summed E-state index contributed by atoms with van der Waals surface area (Å²) in [4.78, 5) is 11.7. The van der Waals surface area contributed by atoms with Crippen molar-refractivity contribution < 1.29 is 27.1 Å². The molecule has 24 heavy (non-hydrogen) atoms. The molecule has 0 radical (unpaired) electrons. The molecule has 130 valence electrons. The molecule has 2 aromatic rings. The lowest BCUT2D eigenvalue weighted by molar-refractivity contribution is -0.147. The summed E-state index contributed by atoms with van der Waals surface area (Å²) in [5.41, 5.74) is 0. The van der Waals surface area contributed by atoms with Crippen LogP contribution in [0.3, 0.4) is 0 Å². The van der Waals surface area contributed by atoms with Gasteiger partial charge in [0.1, 0.15) is 18.1 Å². The molecular formula is C15H16ClNO6S. The normalized spacial score (nSPS) is 11.5. The van der Waals surface area contributed by atoms with E-state index in [1.165, 1.54) is 26.2 Å². The van der Waals surface area contributed by atoms with Crippen molar-refractivity contribution in [2.24, 2.45) is 0 Å². The zero-order valence-corrected chi connectivity index (χ0v) is 14.6. The molecule has 0 spiro atoms. The fourth-order valence-electron chi connectivity index (χ4n) is 1.65. The third-order valence-electron chi connectivity index (χ3n) is 2.93. The summed E-state index contributed by atoms with van der Waals surface area (Å²) >= 11 is 5.90. The second kappa shape index (κ2) is 7.69. The van der Waals surface area contributed by atoms with Gasteiger partial charge in [-0.25, -0.2) is 17.5 Å². The van der Waals surface area contributed by atoms with E-state index in [4.69, 9.17) is 25.5 Å². The Morgan fingerprint density at radius 3 is 2.58 bits per heavy atom. The average Bonchev–Trinajstić information content (AvgIpc) is 3.01. The standard InChI is InChI=1S/C15H16ClNO6S/c1-17(2)24(19,20)15-8-7-11(23-15)9-22-14(18)10-21-13-6-4-3-5-12(13)16/h3-8H,9-10H2,1-2H3. The third-order valence-corrected chi connectivity index (χ3v) is 4.93. The van der Waals surface area contributed by atoms with E-state index in [0.29, 0.717) is 10.8 Å². The van der Waals surface area contributed by atoms with Crippen LogP contribution in [0.2, 0.25) is 5.02 Å². The van der Waals surface area contributed by atoms with Crippen LogP contribution < -0.4 is 4.74 Å². The highest BCUT2D eigenvalue weighted by molar-refractivity contribution is 7.88. The van der Waals surface area contributed by atoms with Crippen LogP contribution in [-0.2, 0) is 26.2 Å². The van der Waals surface area contributed by atoms with Crippen LogP contribution in [0.1, 0.15) is 5.76 Å². The van der Waals surface area contributed by atoms with Gasteiger partial charge in [-0.1, -0.05) is 23.7 Å². The molecule has 1 heterocycles. The molecule has 0 saturated carbocycles. The molecule has 0 fully saturated rings. The predicted octanol–water partition coefficient (Wildman–Crippen LogP) is 2.31. The van der Waals surface area contributed by atoms with E-state index in [9.17, 15) is 13.2 Å². The molecule has 0 unspecified atom stereocenters. The monoisotopic (exact) mass is 373 g/mol. The summed E-state index contributed by atoms with van der Waals surface area (Å²) in [5, 5.41) is 0.167. The second-order valence-electron chi connectivity index (χ2n) is 4.89. The topological polar surface area (TPSA) is 86.0 Å². The maximum atomic E-state index is 11.9. The number of rotatable bonds is 7. The number of benzene rings is 1. The van der Waals surface area contributed by atoms with Gasteiger partial charge in [0.2, 0.25) is 5.09 Å². The van der Waals surface area contributed by atoms with Gasteiger partial charge in [0.25, 0.3) is 10.0 Å². The highest BCUT2D eigenvalue weighted by Crippen LogP contribution is 2.23. The molecule has 0 N–H and O–H groups in total. The molecular weight excluding hydrogens is 358 g/mol. The Labute approximate surface area is 144 Å². The molecule has 0 aliphatic heterocycles. The van der Waals surface area contributed by atoms with E-state index in [1.807, 2.05) is 0 Å². The Morgan fingerprint density at radius 2 is 1.92 bits per heavy atom. The van der Waals surface area contributed by atoms with Gasteiger partial charge in [0.15, 0.2) is 6.61 Å². The first-order valence-electron chi connectivity index (χ1n) is 6.85. The van der Waals surface area contributed by atoms with Crippen LogP contribution in [-0.4, -0.2) is 39.4 Å². The van der Waals surface area contributed by atoms with E-state index in [-0.39, 0.29) is 24.1 Å². The van der Waals surface area contributed by atoms with Crippen molar-refractivity contribution in [2.45, 2.75) is 11.7 Å². The fraction of sp³-hybridized carbons (Fsp3) is 0.267. The van der Waals surface area contributed by atoms with E-state index >= 15 is 0 Å². The van der Waals surface area contributed by atoms with Gasteiger partial charge in [0, 0.05) is 14.1 Å². The first-order valence-corrected chi connectivity index (χ1v) is 8.66.